The molecule has 0 aliphatic rings. The predicted molar refractivity (Wildman–Crippen MR) is 67.3 cm³/mol. The molecule has 0 saturated carbocycles. The number of hydrogen-bond donors (Lipinski definition) is 1. The van der Waals surface area contributed by atoms with Gasteiger partial charge in [-0.2, -0.15) is 0 Å². The lowest BCUT2D eigenvalue weighted by molar-refractivity contribution is 0.412. The summed E-state index contributed by atoms with van der Waals surface area (Å²) in [4.78, 5) is 0. The van der Waals surface area contributed by atoms with Crippen LogP contribution in [0.15, 0.2) is 33.7 Å². The third-order valence-corrected chi connectivity index (χ3v) is 2.54. The van der Waals surface area contributed by atoms with Crippen molar-refractivity contribution in [2.45, 2.75) is 0 Å². The highest BCUT2D eigenvalue weighted by atomic mass is 79.9. The van der Waals surface area contributed by atoms with E-state index in [1.807, 2.05) is 18.2 Å². The van der Waals surface area contributed by atoms with Gasteiger partial charge in [0.05, 0.1) is 11.6 Å². The van der Waals surface area contributed by atoms with E-state index in [0.29, 0.717) is 6.54 Å². The Labute approximate surface area is 101 Å². The van der Waals surface area contributed by atoms with E-state index >= 15 is 0 Å². The van der Waals surface area contributed by atoms with Crippen LogP contribution >= 0.6 is 31.9 Å². The Bertz CT molecular complexity index is 339. The number of halogens is 2. The average Bonchev–Trinajstić information content (AvgIpc) is 2.15. The number of anilines is 1. The molecule has 1 rings (SSSR count). The van der Waals surface area contributed by atoms with Crippen molar-refractivity contribution in [2.24, 2.45) is 0 Å². The minimum Gasteiger partial charge on any atom is -0.496 e. The minimum absolute atomic E-state index is 0.707. The van der Waals surface area contributed by atoms with Crippen molar-refractivity contribution in [1.82, 2.24) is 0 Å². The van der Waals surface area contributed by atoms with Crippen LogP contribution < -0.4 is 10.1 Å². The zero-order valence-corrected chi connectivity index (χ0v) is 11.0. The standard InChI is InChI=1S/C10H11Br2NO/c1-7(11)6-13-8-3-4-10(14-2)9(12)5-8/h3-5,13H,1,6H2,2H3. The molecule has 0 heterocycles. The van der Waals surface area contributed by atoms with Crippen molar-refractivity contribution in [1.29, 1.82) is 0 Å². The van der Waals surface area contributed by atoms with Crippen LogP contribution in [0.3, 0.4) is 0 Å². The molecule has 0 amide bonds. The molecule has 4 heteroatoms. The Hall–Kier alpha value is -0.480. The fourth-order valence-corrected chi connectivity index (χ4v) is 1.66. The first-order valence-electron chi connectivity index (χ1n) is 4.04. The predicted octanol–water partition coefficient (Wildman–Crippen LogP) is 3.78. The second-order valence-corrected chi connectivity index (χ2v) is 4.70. The first-order valence-corrected chi connectivity index (χ1v) is 5.63. The maximum Gasteiger partial charge on any atom is 0.133 e. The van der Waals surface area contributed by atoms with Crippen molar-refractivity contribution >= 4 is 37.5 Å². The number of ether oxygens (including phenoxy) is 1. The zero-order chi connectivity index (χ0) is 10.6. The lowest BCUT2D eigenvalue weighted by atomic mass is 10.3. The molecule has 14 heavy (non-hydrogen) atoms. The van der Waals surface area contributed by atoms with Crippen molar-refractivity contribution in [2.75, 3.05) is 19.0 Å². The molecule has 0 bridgehead atoms. The summed E-state index contributed by atoms with van der Waals surface area (Å²) in [6.07, 6.45) is 0. The van der Waals surface area contributed by atoms with Crippen molar-refractivity contribution in [3.8, 4) is 5.75 Å². The van der Waals surface area contributed by atoms with E-state index < -0.39 is 0 Å². The van der Waals surface area contributed by atoms with Crippen LogP contribution in [0.25, 0.3) is 0 Å². The first kappa shape index (κ1) is 11.6. The zero-order valence-electron chi connectivity index (χ0n) is 7.81. The van der Waals surface area contributed by atoms with Gasteiger partial charge in [0.2, 0.25) is 0 Å². The highest BCUT2D eigenvalue weighted by molar-refractivity contribution is 9.11. The third-order valence-electron chi connectivity index (χ3n) is 1.64. The molecule has 0 aromatic heterocycles. The van der Waals surface area contributed by atoms with Gasteiger partial charge in [-0.05, 0) is 34.1 Å². The SMILES string of the molecule is C=C(Br)CNc1ccc(OC)c(Br)c1. The van der Waals surface area contributed by atoms with Crippen molar-refractivity contribution in [3.63, 3.8) is 0 Å². The van der Waals surface area contributed by atoms with E-state index in [0.717, 1.165) is 20.4 Å². The molecule has 0 radical (unpaired) electrons. The Morgan fingerprint density at radius 2 is 2.29 bits per heavy atom. The van der Waals surface area contributed by atoms with Crippen LogP contribution in [0, 0.1) is 0 Å². The van der Waals surface area contributed by atoms with E-state index in [1.54, 1.807) is 7.11 Å². The van der Waals surface area contributed by atoms with Crippen LogP contribution in [0.4, 0.5) is 5.69 Å². The molecule has 0 fully saturated rings. The highest BCUT2D eigenvalue weighted by Crippen LogP contribution is 2.27. The molecule has 0 atom stereocenters. The Balaban J connectivity index is 2.71. The van der Waals surface area contributed by atoms with Gasteiger partial charge in [-0.3, -0.25) is 0 Å². The van der Waals surface area contributed by atoms with Gasteiger partial charge in [-0.1, -0.05) is 22.5 Å². The van der Waals surface area contributed by atoms with Gasteiger partial charge in [0, 0.05) is 16.7 Å². The number of benzene rings is 1. The van der Waals surface area contributed by atoms with E-state index in [9.17, 15) is 0 Å². The fourth-order valence-electron chi connectivity index (χ4n) is 0.974. The third kappa shape index (κ3) is 3.35. The summed E-state index contributed by atoms with van der Waals surface area (Å²) in [5, 5.41) is 3.20. The molecule has 1 aromatic carbocycles. The largest absolute Gasteiger partial charge is 0.496 e. The van der Waals surface area contributed by atoms with Gasteiger partial charge in [0.1, 0.15) is 5.75 Å². The second-order valence-electron chi connectivity index (χ2n) is 2.72. The fraction of sp³-hybridized carbons (Fsp3) is 0.200. The topological polar surface area (TPSA) is 21.3 Å². The molecule has 0 unspecified atom stereocenters. The molecular weight excluding hydrogens is 310 g/mol. The van der Waals surface area contributed by atoms with Crippen LogP contribution in [0.1, 0.15) is 0 Å². The summed E-state index contributed by atoms with van der Waals surface area (Å²) in [5.74, 6) is 0.827. The van der Waals surface area contributed by atoms with E-state index in [2.05, 4.69) is 43.8 Å². The second kappa shape index (κ2) is 5.41. The monoisotopic (exact) mass is 319 g/mol. The smallest absolute Gasteiger partial charge is 0.133 e. The Kier molecular flexibility index (Phi) is 4.48. The summed E-state index contributed by atoms with van der Waals surface area (Å²) >= 11 is 6.70. The summed E-state index contributed by atoms with van der Waals surface area (Å²) in [6, 6.07) is 5.83. The summed E-state index contributed by atoms with van der Waals surface area (Å²) in [6.45, 7) is 4.45. The van der Waals surface area contributed by atoms with Gasteiger partial charge in [0.25, 0.3) is 0 Å². The van der Waals surface area contributed by atoms with E-state index in [-0.39, 0.29) is 0 Å². The number of hydrogen-bond acceptors (Lipinski definition) is 2. The molecule has 2 nitrogen and oxygen atoms in total. The Morgan fingerprint density at radius 3 is 2.79 bits per heavy atom. The first-order chi connectivity index (χ1) is 6.63. The molecule has 0 aliphatic heterocycles. The number of rotatable bonds is 4. The maximum atomic E-state index is 5.12. The van der Waals surface area contributed by atoms with Gasteiger partial charge < -0.3 is 10.1 Å². The summed E-state index contributed by atoms with van der Waals surface area (Å²) < 4.78 is 6.98. The molecule has 0 saturated heterocycles. The lowest BCUT2D eigenvalue weighted by Gasteiger charge is -2.08. The normalized spacial score (nSPS) is 9.64. The van der Waals surface area contributed by atoms with Crippen LogP contribution in [-0.4, -0.2) is 13.7 Å². The molecule has 1 N–H and O–H groups in total. The van der Waals surface area contributed by atoms with Gasteiger partial charge in [0.15, 0.2) is 0 Å². The van der Waals surface area contributed by atoms with E-state index in [1.165, 1.54) is 0 Å². The Morgan fingerprint density at radius 1 is 1.57 bits per heavy atom. The average molecular weight is 321 g/mol. The van der Waals surface area contributed by atoms with Crippen LogP contribution in [-0.2, 0) is 0 Å². The molecule has 1 aromatic rings. The van der Waals surface area contributed by atoms with Crippen molar-refractivity contribution < 1.29 is 4.74 Å². The lowest BCUT2D eigenvalue weighted by Crippen LogP contribution is -2.00. The number of nitrogens with one attached hydrogen (secondary N) is 1. The maximum absolute atomic E-state index is 5.12. The van der Waals surface area contributed by atoms with Crippen molar-refractivity contribution in [3.05, 3.63) is 33.7 Å². The molecular formula is C10H11Br2NO. The van der Waals surface area contributed by atoms with Gasteiger partial charge in [-0.15, -0.1) is 0 Å². The van der Waals surface area contributed by atoms with Gasteiger partial charge >= 0.3 is 0 Å². The summed E-state index contributed by atoms with van der Waals surface area (Å²) in [5.41, 5.74) is 1.03. The molecule has 0 aliphatic carbocycles. The summed E-state index contributed by atoms with van der Waals surface area (Å²) in [7, 11) is 1.65. The molecule has 0 spiro atoms. The number of methoxy groups -OCH3 is 1. The van der Waals surface area contributed by atoms with Gasteiger partial charge in [-0.25, -0.2) is 0 Å². The minimum atomic E-state index is 0.707. The highest BCUT2D eigenvalue weighted by Gasteiger charge is 2.00. The van der Waals surface area contributed by atoms with Crippen LogP contribution in [0.5, 0.6) is 5.75 Å². The quantitative estimate of drug-likeness (QED) is 0.911. The van der Waals surface area contributed by atoms with E-state index in [4.69, 9.17) is 4.74 Å². The van der Waals surface area contributed by atoms with Crippen LogP contribution in [0.2, 0.25) is 0 Å². The molecule has 76 valence electrons.